The summed E-state index contributed by atoms with van der Waals surface area (Å²) in [5.74, 6) is 6.34. The van der Waals surface area contributed by atoms with Gasteiger partial charge in [-0.05, 0) is 97.4 Å². The zero-order valence-corrected chi connectivity index (χ0v) is 33.8. The third-order valence-corrected chi connectivity index (χ3v) is 12.9. The lowest BCUT2D eigenvalue weighted by Gasteiger charge is -2.39. The van der Waals surface area contributed by atoms with Gasteiger partial charge in [-0.15, -0.1) is 0 Å². The molecule has 0 radical (unpaired) electrons. The van der Waals surface area contributed by atoms with Crippen LogP contribution in [-0.2, 0) is 19.1 Å². The van der Waals surface area contributed by atoms with Gasteiger partial charge in [-0.2, -0.15) is 0 Å². The van der Waals surface area contributed by atoms with Crippen LogP contribution in [-0.4, -0.2) is 84.6 Å². The van der Waals surface area contributed by atoms with Crippen molar-refractivity contribution in [1.29, 1.82) is 0 Å². The number of sulfonamides is 1. The van der Waals surface area contributed by atoms with Gasteiger partial charge in [0.25, 0.3) is 0 Å². The molecule has 0 bridgehead atoms. The zero-order valence-electron chi connectivity index (χ0n) is 31.4. The number of nitrogens with two attached hydrogens (primary N) is 1. The van der Waals surface area contributed by atoms with Gasteiger partial charge >= 0.3 is 14.2 Å². The molecule has 296 valence electrons. The molecule has 2 aliphatic carbocycles. The molecule has 4 aromatic rings. The van der Waals surface area contributed by atoms with Crippen LogP contribution in [0.5, 0.6) is 11.5 Å². The Hall–Kier alpha value is -3.38. The Bertz CT molecular complexity index is 2270. The maximum absolute atomic E-state index is 12.2. The summed E-state index contributed by atoms with van der Waals surface area (Å²) in [5, 5.41) is 21.9. The third kappa shape index (κ3) is 10.3. The Balaban J connectivity index is 0.000000159. The molecule has 4 aliphatic rings. The van der Waals surface area contributed by atoms with E-state index in [9.17, 15) is 26.9 Å². The van der Waals surface area contributed by atoms with E-state index >= 15 is 0 Å². The van der Waals surface area contributed by atoms with Crippen LogP contribution in [0.1, 0.15) is 77.3 Å². The Morgan fingerprint density at radius 2 is 1.27 bits per heavy atom. The monoisotopic (exact) mass is 814 g/mol. The maximum atomic E-state index is 12.2. The van der Waals surface area contributed by atoms with Gasteiger partial charge in [-0.25, -0.2) is 31.5 Å². The van der Waals surface area contributed by atoms with Gasteiger partial charge in [-0.3, -0.25) is 0 Å². The van der Waals surface area contributed by atoms with E-state index in [1.807, 2.05) is 52.2 Å². The molecule has 4 aromatic heterocycles. The van der Waals surface area contributed by atoms with Crippen molar-refractivity contribution in [2.24, 2.45) is 29.4 Å². The van der Waals surface area contributed by atoms with Crippen molar-refractivity contribution in [1.82, 2.24) is 24.7 Å². The van der Waals surface area contributed by atoms with E-state index in [0.29, 0.717) is 54.9 Å². The smallest absolute Gasteiger partial charge is 0.531 e. The Labute approximate surface area is 327 Å². The third-order valence-electron chi connectivity index (χ3n) is 10.3. The van der Waals surface area contributed by atoms with Gasteiger partial charge in [0.05, 0.1) is 23.9 Å². The van der Waals surface area contributed by atoms with Crippen molar-refractivity contribution >= 4 is 77.2 Å². The van der Waals surface area contributed by atoms with E-state index in [1.165, 1.54) is 0 Å². The van der Waals surface area contributed by atoms with Gasteiger partial charge in [0.2, 0.25) is 19.1 Å². The number of fused-ring (bicyclic) bond motifs is 6. The number of H-pyrrole nitrogens is 2. The molecule has 7 N–H and O–H groups in total. The summed E-state index contributed by atoms with van der Waals surface area (Å²) < 4.78 is 58.8. The number of aromatic amines is 2. The first-order valence-electron chi connectivity index (χ1n) is 18.7. The first-order valence-corrected chi connectivity index (χ1v) is 22.8. The standard InChI is InChI=1S/C18H24BN3O4S.C13H14BN3O2.C5H11ClO2S/c1-11(2)4-6-27(24,25)22-13-7-12(8-13)15-9-19(23)26-16-10-21-18-14(17(15)16)3-5-20-18;15-8-3-7(4-8)10-5-14(18)19-11-6-17-13-9(12(10)11)1-2-16-13;1-5(2)3-4-9(6,7)8/h3,5,9-13,22-23H,4,6-8H2,1-2H3,(H,20,21);1-2,5-8,18H,3-4,15H2,(H,16,17);5H,3-4H2,1-2H3. The highest BCUT2D eigenvalue weighted by atomic mass is 35.7. The van der Waals surface area contributed by atoms with Crippen molar-refractivity contribution in [2.75, 3.05) is 11.5 Å². The molecule has 2 saturated carbocycles. The molecule has 14 nitrogen and oxygen atoms in total. The van der Waals surface area contributed by atoms with E-state index in [0.717, 1.165) is 57.2 Å². The second-order valence-corrected chi connectivity index (χ2v) is 20.3. The van der Waals surface area contributed by atoms with Crippen molar-refractivity contribution in [3.8, 4) is 11.5 Å². The second kappa shape index (κ2) is 17.0. The Kier molecular flexibility index (Phi) is 12.8. The summed E-state index contributed by atoms with van der Waals surface area (Å²) in [4.78, 5) is 14.8. The maximum Gasteiger partial charge on any atom is 0.552 e. The van der Waals surface area contributed by atoms with Crippen LogP contribution < -0.4 is 19.8 Å². The van der Waals surface area contributed by atoms with E-state index in [-0.39, 0.29) is 29.5 Å². The predicted octanol–water partition coefficient (Wildman–Crippen LogP) is 4.80. The lowest BCUT2D eigenvalue weighted by molar-refractivity contribution is 0.308. The summed E-state index contributed by atoms with van der Waals surface area (Å²) in [6, 6.07) is 4.16. The van der Waals surface area contributed by atoms with Crippen molar-refractivity contribution < 1.29 is 36.2 Å². The zero-order chi connectivity index (χ0) is 39.7. The molecular formula is C36H49B2ClN6O8S2. The molecule has 6 heterocycles. The SMILES string of the molecule is CC(C)CCS(=O)(=O)Cl.CC(C)CCS(=O)(=O)NC1CC(C2=CB(O)Oc3cnc4[nH]ccc4c32)C1.NC1CC(C2=CB(O)Oc3cnc4[nH]ccc4c32)C1. The highest BCUT2D eigenvalue weighted by Crippen LogP contribution is 2.47. The van der Waals surface area contributed by atoms with Gasteiger partial charge in [0.15, 0.2) is 0 Å². The quantitative estimate of drug-likeness (QED) is 0.0943. The minimum absolute atomic E-state index is 0.0555. The first kappa shape index (κ1) is 41.3. The molecule has 19 heteroatoms. The lowest BCUT2D eigenvalue weighted by atomic mass is 9.68. The Morgan fingerprint density at radius 3 is 1.69 bits per heavy atom. The summed E-state index contributed by atoms with van der Waals surface area (Å²) in [6.07, 6.45) is 11.6. The van der Waals surface area contributed by atoms with Crippen LogP contribution in [0, 0.1) is 23.7 Å². The van der Waals surface area contributed by atoms with E-state index < -0.39 is 33.3 Å². The first-order chi connectivity index (χ1) is 26.0. The fraction of sp³-hybridized carbons (Fsp3) is 0.500. The molecule has 2 fully saturated rings. The van der Waals surface area contributed by atoms with E-state index in [1.54, 1.807) is 24.3 Å². The van der Waals surface area contributed by atoms with Crippen LogP contribution in [0.2, 0.25) is 0 Å². The van der Waals surface area contributed by atoms with Crippen LogP contribution in [0.25, 0.3) is 33.2 Å². The van der Waals surface area contributed by atoms with Gasteiger partial charge in [-0.1, -0.05) is 27.7 Å². The lowest BCUT2D eigenvalue weighted by Crippen LogP contribution is -2.46. The van der Waals surface area contributed by atoms with Crippen LogP contribution in [0.4, 0.5) is 0 Å². The fourth-order valence-electron chi connectivity index (χ4n) is 7.20. The molecule has 0 unspecified atom stereocenters. The van der Waals surface area contributed by atoms with Crippen molar-refractivity contribution in [3.63, 3.8) is 0 Å². The van der Waals surface area contributed by atoms with E-state index in [4.69, 9.17) is 25.7 Å². The largest absolute Gasteiger partial charge is 0.552 e. The molecule has 0 atom stereocenters. The number of hydrogen-bond acceptors (Lipinski definition) is 11. The number of pyridine rings is 2. The van der Waals surface area contributed by atoms with Crippen molar-refractivity contribution in [2.45, 2.75) is 78.3 Å². The van der Waals surface area contributed by atoms with Gasteiger partial charge in [0, 0.05) is 57.1 Å². The minimum atomic E-state index is -3.25. The van der Waals surface area contributed by atoms with Gasteiger partial charge in [0.1, 0.15) is 22.8 Å². The molecule has 0 aromatic carbocycles. The summed E-state index contributed by atoms with van der Waals surface area (Å²) >= 11 is 0. The Morgan fingerprint density at radius 1 is 0.818 bits per heavy atom. The number of hydrogen-bond donors (Lipinski definition) is 6. The molecule has 0 amide bonds. The van der Waals surface area contributed by atoms with Crippen LogP contribution in [0.3, 0.4) is 0 Å². The van der Waals surface area contributed by atoms with Crippen molar-refractivity contribution in [3.05, 3.63) is 60.0 Å². The second-order valence-electron chi connectivity index (χ2n) is 15.6. The number of allylic oxidation sites excluding steroid dienone is 2. The normalized spacial score (nSPS) is 21.9. The summed E-state index contributed by atoms with van der Waals surface area (Å²) in [5.41, 5.74) is 11.6. The number of aromatic nitrogens is 4. The van der Waals surface area contributed by atoms with Crippen LogP contribution >= 0.6 is 10.7 Å². The highest BCUT2D eigenvalue weighted by molar-refractivity contribution is 8.13. The fourth-order valence-corrected chi connectivity index (χ4v) is 9.82. The number of halogens is 1. The van der Waals surface area contributed by atoms with E-state index in [2.05, 4.69) is 24.7 Å². The molecule has 8 rings (SSSR count). The average Bonchev–Trinajstić information content (AvgIpc) is 3.76. The number of nitrogens with one attached hydrogen (secondary N) is 3. The number of rotatable bonds is 10. The predicted molar refractivity (Wildman–Crippen MR) is 218 cm³/mol. The molecule has 55 heavy (non-hydrogen) atoms. The molecular weight excluding hydrogens is 766 g/mol. The summed E-state index contributed by atoms with van der Waals surface area (Å²) in [7, 11) is -3.44. The van der Waals surface area contributed by atoms with Gasteiger partial charge < -0.3 is 35.1 Å². The van der Waals surface area contributed by atoms with Crippen LogP contribution in [0.15, 0.2) is 48.9 Å². The minimum Gasteiger partial charge on any atom is -0.531 e. The summed E-state index contributed by atoms with van der Waals surface area (Å²) in [6.45, 7) is 7.96. The topological polar surface area (TPSA) is 223 Å². The molecule has 0 saturated heterocycles. The number of nitrogens with zero attached hydrogens (tertiary/aromatic N) is 2. The average molecular weight is 815 g/mol. The molecule has 0 spiro atoms. The molecule has 2 aliphatic heterocycles. The highest BCUT2D eigenvalue weighted by Gasteiger charge is 2.39.